The molecule has 0 spiro atoms. The van der Waals surface area contributed by atoms with E-state index < -0.39 is 0 Å². The molecule has 0 bridgehead atoms. The summed E-state index contributed by atoms with van der Waals surface area (Å²) in [6, 6.07) is 0. The SMILES string of the molecule is CSC(=N)N(CCCN(CCSCc1nc[nH]c1C)C(=N)SC)CCSCc1nc[nH]c1C. The lowest BCUT2D eigenvalue weighted by molar-refractivity contribution is 0.380. The maximum atomic E-state index is 8.32. The highest BCUT2D eigenvalue weighted by atomic mass is 32.2. The first-order valence-corrected chi connectivity index (χ1v) is 15.6. The van der Waals surface area contributed by atoms with Gasteiger partial charge in [-0.25, -0.2) is 9.97 Å². The van der Waals surface area contributed by atoms with Gasteiger partial charge in [0.05, 0.1) is 24.0 Å². The number of hydrogen-bond acceptors (Lipinski definition) is 8. The lowest BCUT2D eigenvalue weighted by Crippen LogP contribution is -2.36. The van der Waals surface area contributed by atoms with E-state index in [2.05, 4.69) is 29.7 Å². The van der Waals surface area contributed by atoms with Crippen LogP contribution in [0, 0.1) is 24.7 Å². The fraction of sp³-hybridized carbons (Fsp3) is 0.619. The topological polar surface area (TPSA) is 112 Å². The minimum Gasteiger partial charge on any atom is -0.351 e. The van der Waals surface area contributed by atoms with Crippen LogP contribution in [0.5, 0.6) is 0 Å². The molecule has 0 aromatic carbocycles. The van der Waals surface area contributed by atoms with Crippen LogP contribution in [0.1, 0.15) is 29.2 Å². The highest BCUT2D eigenvalue weighted by Gasteiger charge is 2.13. The van der Waals surface area contributed by atoms with Crippen molar-refractivity contribution in [3.05, 3.63) is 35.4 Å². The third-order valence-corrected chi connectivity index (χ3v) is 8.36. The summed E-state index contributed by atoms with van der Waals surface area (Å²) in [6.45, 7) is 7.47. The van der Waals surface area contributed by atoms with Crippen molar-refractivity contribution >= 4 is 57.4 Å². The Balaban J connectivity index is 1.73. The molecule has 0 fully saturated rings. The van der Waals surface area contributed by atoms with Gasteiger partial charge in [-0.15, -0.1) is 0 Å². The molecule has 0 saturated carbocycles. The molecule has 0 saturated heterocycles. The zero-order valence-corrected chi connectivity index (χ0v) is 23.2. The van der Waals surface area contributed by atoms with E-state index in [0.717, 1.165) is 78.4 Å². The van der Waals surface area contributed by atoms with Crippen LogP contribution in [0.15, 0.2) is 12.7 Å². The van der Waals surface area contributed by atoms with Gasteiger partial charge in [-0.2, -0.15) is 23.5 Å². The molecule has 0 aliphatic rings. The summed E-state index contributed by atoms with van der Waals surface area (Å²) in [5.41, 5.74) is 4.48. The zero-order valence-electron chi connectivity index (χ0n) is 19.9. The van der Waals surface area contributed by atoms with E-state index in [4.69, 9.17) is 10.8 Å². The van der Waals surface area contributed by atoms with Crippen molar-refractivity contribution in [2.24, 2.45) is 0 Å². The number of aryl methyl sites for hydroxylation is 2. The second-order valence-corrected chi connectivity index (χ2v) is 11.2. The van der Waals surface area contributed by atoms with Gasteiger partial charge in [-0.3, -0.25) is 10.8 Å². The molecule has 0 atom stereocenters. The number of H-pyrrole nitrogens is 2. The number of nitrogens with one attached hydrogen (secondary N) is 4. The quantitative estimate of drug-likeness (QED) is 0.161. The summed E-state index contributed by atoms with van der Waals surface area (Å²) >= 11 is 6.69. The predicted molar refractivity (Wildman–Crippen MR) is 149 cm³/mol. The molecule has 4 N–H and O–H groups in total. The molecule has 2 rings (SSSR count). The summed E-state index contributed by atoms with van der Waals surface area (Å²) in [5.74, 6) is 3.71. The van der Waals surface area contributed by atoms with E-state index in [1.54, 1.807) is 12.7 Å². The van der Waals surface area contributed by atoms with Gasteiger partial charge in [0.25, 0.3) is 0 Å². The minimum atomic E-state index is 0.614. The third-order valence-electron chi connectivity index (χ3n) is 5.17. The van der Waals surface area contributed by atoms with Crippen molar-refractivity contribution in [3.8, 4) is 0 Å². The van der Waals surface area contributed by atoms with Crippen LogP contribution in [0.3, 0.4) is 0 Å². The molecule has 0 unspecified atom stereocenters. The molecule has 33 heavy (non-hydrogen) atoms. The molecule has 2 aromatic heterocycles. The Morgan fingerprint density at radius 2 is 1.21 bits per heavy atom. The Bertz CT molecular complexity index is 785. The average molecular weight is 529 g/mol. The lowest BCUT2D eigenvalue weighted by Gasteiger charge is -2.27. The fourth-order valence-electron chi connectivity index (χ4n) is 3.09. The second-order valence-electron chi connectivity index (χ2n) is 7.40. The van der Waals surface area contributed by atoms with Crippen molar-refractivity contribution in [1.29, 1.82) is 10.8 Å². The lowest BCUT2D eigenvalue weighted by atomic mass is 10.3. The van der Waals surface area contributed by atoms with Crippen LogP contribution in [-0.4, -0.2) is 90.3 Å². The molecule has 0 aliphatic carbocycles. The smallest absolute Gasteiger partial charge is 0.156 e. The molecule has 184 valence electrons. The maximum absolute atomic E-state index is 8.32. The van der Waals surface area contributed by atoms with E-state index in [1.807, 2.05) is 49.9 Å². The van der Waals surface area contributed by atoms with Gasteiger partial charge in [0.1, 0.15) is 0 Å². The zero-order chi connectivity index (χ0) is 24.1. The predicted octanol–water partition coefficient (Wildman–Crippen LogP) is 4.51. The molecule has 0 aliphatic heterocycles. The van der Waals surface area contributed by atoms with Gasteiger partial charge < -0.3 is 19.8 Å². The van der Waals surface area contributed by atoms with E-state index >= 15 is 0 Å². The molecule has 0 radical (unpaired) electrons. The molecule has 2 heterocycles. The largest absolute Gasteiger partial charge is 0.351 e. The summed E-state index contributed by atoms with van der Waals surface area (Å²) < 4.78 is 0. The van der Waals surface area contributed by atoms with E-state index in [-0.39, 0.29) is 0 Å². The number of imidazole rings is 2. The van der Waals surface area contributed by atoms with Crippen LogP contribution < -0.4 is 0 Å². The molecular formula is C21H36N8S4. The van der Waals surface area contributed by atoms with Gasteiger partial charge in [0, 0.05) is 60.6 Å². The average Bonchev–Trinajstić information content (AvgIpc) is 3.42. The summed E-state index contributed by atoms with van der Waals surface area (Å²) in [6.07, 6.45) is 8.34. The van der Waals surface area contributed by atoms with Gasteiger partial charge >= 0.3 is 0 Å². The highest BCUT2D eigenvalue weighted by Crippen LogP contribution is 2.16. The Hall–Kier alpha value is -1.24. The highest BCUT2D eigenvalue weighted by molar-refractivity contribution is 8.13. The normalized spacial score (nSPS) is 11.0. The Morgan fingerprint density at radius 1 is 0.788 bits per heavy atom. The van der Waals surface area contributed by atoms with Gasteiger partial charge in [-0.05, 0) is 32.8 Å². The van der Waals surface area contributed by atoms with E-state index in [1.165, 1.54) is 23.5 Å². The first kappa shape index (κ1) is 28.0. The number of aromatic amines is 2. The first-order chi connectivity index (χ1) is 16.0. The minimum absolute atomic E-state index is 0.614. The molecule has 2 aromatic rings. The monoisotopic (exact) mass is 528 g/mol. The van der Waals surface area contributed by atoms with Crippen molar-refractivity contribution in [1.82, 2.24) is 29.7 Å². The van der Waals surface area contributed by atoms with Crippen LogP contribution >= 0.6 is 47.0 Å². The van der Waals surface area contributed by atoms with Crippen molar-refractivity contribution < 1.29 is 0 Å². The number of rotatable bonds is 14. The van der Waals surface area contributed by atoms with Crippen LogP contribution in [0.25, 0.3) is 0 Å². The molecular weight excluding hydrogens is 493 g/mol. The van der Waals surface area contributed by atoms with E-state index in [0.29, 0.717) is 10.3 Å². The molecule has 0 amide bonds. The third kappa shape index (κ3) is 9.87. The van der Waals surface area contributed by atoms with Gasteiger partial charge in [0.2, 0.25) is 0 Å². The van der Waals surface area contributed by atoms with Crippen LogP contribution in [0.2, 0.25) is 0 Å². The Kier molecular flexibility index (Phi) is 13.3. The van der Waals surface area contributed by atoms with Crippen molar-refractivity contribution in [3.63, 3.8) is 0 Å². The maximum Gasteiger partial charge on any atom is 0.156 e. The first-order valence-electron chi connectivity index (χ1n) is 10.8. The number of thioether (sulfide) groups is 4. The number of nitrogens with zero attached hydrogens (tertiary/aromatic N) is 4. The number of amidine groups is 2. The van der Waals surface area contributed by atoms with Crippen molar-refractivity contribution in [2.45, 2.75) is 31.8 Å². The number of aromatic nitrogens is 4. The second kappa shape index (κ2) is 15.6. The van der Waals surface area contributed by atoms with Gasteiger partial charge in [0.15, 0.2) is 10.3 Å². The van der Waals surface area contributed by atoms with Gasteiger partial charge in [-0.1, -0.05) is 23.5 Å². The summed E-state index contributed by atoms with van der Waals surface area (Å²) in [4.78, 5) is 19.3. The van der Waals surface area contributed by atoms with Crippen molar-refractivity contribution in [2.75, 3.05) is 50.2 Å². The Morgan fingerprint density at radius 3 is 1.55 bits per heavy atom. The number of hydrogen-bond donors (Lipinski definition) is 4. The fourth-order valence-corrected chi connectivity index (χ4v) is 5.93. The summed E-state index contributed by atoms with van der Waals surface area (Å²) in [7, 11) is 0. The standard InChI is InChI=1S/C21H36N8S4/c1-16-18(26-14-24-16)12-32-10-8-28(20(22)30-3)6-5-7-29(21(23)31-4)9-11-33-13-19-17(2)25-15-27-19/h14-15,22-23H,5-13H2,1-4H3,(H,24,26)(H,25,27). The van der Waals surface area contributed by atoms with E-state index in [9.17, 15) is 0 Å². The van der Waals surface area contributed by atoms with Crippen LogP contribution in [-0.2, 0) is 11.5 Å². The summed E-state index contributed by atoms with van der Waals surface area (Å²) in [5, 5.41) is 17.9. The Labute approximate surface area is 214 Å². The molecule has 12 heteroatoms. The van der Waals surface area contributed by atoms with Crippen LogP contribution in [0.4, 0.5) is 0 Å². The molecule has 8 nitrogen and oxygen atoms in total.